The molecule has 0 saturated heterocycles. The first-order chi connectivity index (χ1) is 20.5. The summed E-state index contributed by atoms with van der Waals surface area (Å²) in [5.74, 6) is -0.0405. The van der Waals surface area contributed by atoms with Gasteiger partial charge in [0.25, 0.3) is 0 Å². The molecule has 0 fully saturated rings. The lowest BCUT2D eigenvalue weighted by Gasteiger charge is -2.10. The van der Waals surface area contributed by atoms with Crippen LogP contribution in [0, 0.1) is 90.6 Å². The first-order valence-corrected chi connectivity index (χ1v) is 11.5. The van der Waals surface area contributed by atoms with E-state index in [9.17, 15) is 31.6 Å². The van der Waals surface area contributed by atoms with Crippen LogP contribution in [0.15, 0.2) is 48.1 Å². The molecule has 0 radical (unpaired) electrons. The molecule has 2 aliphatic rings. The lowest BCUT2D eigenvalue weighted by Crippen LogP contribution is -1.99. The van der Waals surface area contributed by atoms with E-state index in [4.69, 9.17) is 10.5 Å². The number of hydrogen-bond acceptors (Lipinski definition) is 12. The van der Waals surface area contributed by atoms with Crippen molar-refractivity contribution in [3.8, 4) is 48.6 Å². The molecule has 0 atom stereocenters. The fourth-order valence-corrected chi connectivity index (χ4v) is 4.72. The van der Waals surface area contributed by atoms with E-state index in [2.05, 4.69) is 32.1 Å². The average Bonchev–Trinajstić information content (AvgIpc) is 3.53. The molecule has 3 aromatic rings. The third-order valence-corrected chi connectivity index (χ3v) is 6.41. The maximum atomic E-state index is 10.2. The van der Waals surface area contributed by atoms with E-state index < -0.39 is 0 Å². The molecule has 186 valence electrons. The maximum Gasteiger partial charge on any atom is 0.161 e. The average molecular weight is 534 g/mol. The summed E-state index contributed by atoms with van der Waals surface area (Å²) < 4.78 is 0. The Balaban J connectivity index is 1.91. The molecule has 0 aliphatic heterocycles. The lowest BCUT2D eigenvalue weighted by molar-refractivity contribution is 1.11. The largest absolute Gasteiger partial charge is 0.235 e. The molecule has 0 amide bonds. The predicted molar refractivity (Wildman–Crippen MR) is 141 cm³/mol. The van der Waals surface area contributed by atoms with Gasteiger partial charge in [-0.3, -0.25) is 0 Å². The van der Waals surface area contributed by atoms with Crippen LogP contribution < -0.4 is 0 Å². The SMILES string of the molecule is N#CC(C#N)=C1C(c2ncc(C#N)cn2)=C(C#N)c2cc3c(cc21)C(=C(C#N)C#N)C(c1ncc(C#N)cn1)=C3C#N. The number of allylic oxidation sites excluding steroid dienone is 8. The first kappa shape index (κ1) is 25.9. The van der Waals surface area contributed by atoms with Crippen LogP contribution in [0.3, 0.4) is 0 Å². The van der Waals surface area contributed by atoms with E-state index in [1.165, 1.54) is 36.9 Å². The number of fused-ring (bicyclic) bond motifs is 2. The lowest BCUT2D eigenvalue weighted by atomic mass is 9.91. The molecule has 5 rings (SSSR count). The minimum Gasteiger partial charge on any atom is -0.235 e. The molecule has 0 N–H and O–H groups in total. The van der Waals surface area contributed by atoms with Crippen molar-refractivity contribution in [1.29, 1.82) is 42.1 Å². The smallest absolute Gasteiger partial charge is 0.161 e. The van der Waals surface area contributed by atoms with Crippen molar-refractivity contribution in [2.45, 2.75) is 0 Å². The topological polar surface area (TPSA) is 242 Å². The van der Waals surface area contributed by atoms with Crippen LogP contribution in [0.5, 0.6) is 0 Å². The number of nitriles is 8. The standard InChI is InChI=1S/C30H6N12/c31-3-15-11-39-29(40-12-15)27-23(9-37)19-1-20-22(2-21(19)25(27)17(5-33)6-34)26(18(7-35)8-36)28(24(20)10-38)30-41-13-16(4-32)14-42-30/h1-2,11-14H. The summed E-state index contributed by atoms with van der Waals surface area (Å²) in [4.78, 5) is 16.7. The van der Waals surface area contributed by atoms with Crippen molar-refractivity contribution >= 4 is 33.4 Å². The van der Waals surface area contributed by atoms with Crippen LogP contribution in [0.2, 0.25) is 0 Å². The Morgan fingerprint density at radius 2 is 0.786 bits per heavy atom. The van der Waals surface area contributed by atoms with Gasteiger partial charge in [0.1, 0.15) is 59.7 Å². The van der Waals surface area contributed by atoms with Gasteiger partial charge in [-0.1, -0.05) is 0 Å². The molecule has 12 nitrogen and oxygen atoms in total. The van der Waals surface area contributed by atoms with Gasteiger partial charge in [0.15, 0.2) is 11.6 Å². The summed E-state index contributed by atoms with van der Waals surface area (Å²) in [6.45, 7) is 0. The predicted octanol–water partition coefficient (Wildman–Crippen LogP) is 3.51. The van der Waals surface area contributed by atoms with E-state index >= 15 is 0 Å². The third kappa shape index (κ3) is 3.70. The highest BCUT2D eigenvalue weighted by molar-refractivity contribution is 6.29. The summed E-state index contributed by atoms with van der Waals surface area (Å²) in [7, 11) is 0. The Hall–Kier alpha value is -7.74. The van der Waals surface area contributed by atoms with Gasteiger partial charge in [0, 0.05) is 58.2 Å². The van der Waals surface area contributed by atoms with Gasteiger partial charge in [0.2, 0.25) is 0 Å². The Kier molecular flexibility index (Phi) is 6.29. The number of benzene rings is 1. The van der Waals surface area contributed by atoms with Crippen LogP contribution in [-0.4, -0.2) is 19.9 Å². The third-order valence-electron chi connectivity index (χ3n) is 6.41. The summed E-state index contributed by atoms with van der Waals surface area (Å²) >= 11 is 0. The van der Waals surface area contributed by atoms with E-state index in [0.717, 1.165) is 0 Å². The molecule has 2 heterocycles. The highest BCUT2D eigenvalue weighted by Gasteiger charge is 2.38. The van der Waals surface area contributed by atoms with Crippen molar-refractivity contribution in [2.75, 3.05) is 0 Å². The Bertz CT molecular complexity index is 2050. The number of nitrogens with zero attached hydrogens (tertiary/aromatic N) is 12. The minimum absolute atomic E-state index is 0.00203. The molecule has 1 aromatic carbocycles. The Labute approximate surface area is 237 Å². The molecule has 0 saturated carbocycles. The second-order valence-corrected chi connectivity index (χ2v) is 8.43. The van der Waals surface area contributed by atoms with Crippen molar-refractivity contribution in [3.05, 3.63) is 93.1 Å². The Morgan fingerprint density at radius 1 is 0.452 bits per heavy atom. The zero-order chi connectivity index (χ0) is 30.0. The van der Waals surface area contributed by atoms with Gasteiger partial charge in [0.05, 0.1) is 22.3 Å². The van der Waals surface area contributed by atoms with Crippen LogP contribution in [0.4, 0.5) is 0 Å². The van der Waals surface area contributed by atoms with E-state index in [0.29, 0.717) is 0 Å². The highest BCUT2D eigenvalue weighted by Crippen LogP contribution is 2.53. The summed E-state index contributed by atoms with van der Waals surface area (Å²) in [5.41, 5.74) is 0.767. The molecule has 0 unspecified atom stereocenters. The van der Waals surface area contributed by atoms with Crippen LogP contribution in [0.1, 0.15) is 45.0 Å². The van der Waals surface area contributed by atoms with Crippen molar-refractivity contribution in [3.63, 3.8) is 0 Å². The second-order valence-electron chi connectivity index (χ2n) is 8.43. The summed E-state index contributed by atoms with van der Waals surface area (Å²) in [6, 6.07) is 18.2. The van der Waals surface area contributed by atoms with E-state index in [1.54, 1.807) is 0 Å². The van der Waals surface area contributed by atoms with Gasteiger partial charge < -0.3 is 0 Å². The molecular formula is C30H6N12. The van der Waals surface area contributed by atoms with Crippen LogP contribution in [-0.2, 0) is 0 Å². The first-order valence-electron chi connectivity index (χ1n) is 11.5. The molecule has 0 spiro atoms. The molecule has 42 heavy (non-hydrogen) atoms. The van der Waals surface area contributed by atoms with Crippen LogP contribution >= 0.6 is 0 Å². The highest BCUT2D eigenvalue weighted by atomic mass is 14.9. The molecule has 2 aromatic heterocycles. The zero-order valence-electron chi connectivity index (χ0n) is 20.8. The van der Waals surface area contributed by atoms with Gasteiger partial charge in [-0.25, -0.2) is 19.9 Å². The number of hydrogen-bond donors (Lipinski definition) is 0. The number of rotatable bonds is 2. The fourth-order valence-electron chi connectivity index (χ4n) is 4.72. The summed E-state index contributed by atoms with van der Waals surface area (Å²) in [6.07, 6.45) is 4.93. The molecule has 12 heteroatoms. The Morgan fingerprint density at radius 3 is 1.07 bits per heavy atom. The van der Waals surface area contributed by atoms with Crippen molar-refractivity contribution < 1.29 is 0 Å². The quantitative estimate of drug-likeness (QED) is 0.429. The zero-order valence-corrected chi connectivity index (χ0v) is 20.8. The summed E-state index contributed by atoms with van der Waals surface area (Å²) in [5, 5.41) is 78.1. The van der Waals surface area contributed by atoms with Crippen molar-refractivity contribution in [2.24, 2.45) is 0 Å². The van der Waals surface area contributed by atoms with Gasteiger partial charge in [-0.05, 0) is 23.3 Å². The molecular weight excluding hydrogens is 528 g/mol. The monoisotopic (exact) mass is 534 g/mol. The fraction of sp³-hybridized carbons (Fsp3) is 0. The van der Waals surface area contributed by atoms with E-state index in [-0.39, 0.29) is 89.6 Å². The maximum absolute atomic E-state index is 10.2. The van der Waals surface area contributed by atoms with E-state index in [1.807, 2.05) is 36.4 Å². The normalized spacial score (nSPS) is 12.3. The molecule has 2 aliphatic carbocycles. The second kappa shape index (κ2) is 10.2. The van der Waals surface area contributed by atoms with Crippen molar-refractivity contribution in [1.82, 2.24) is 19.9 Å². The van der Waals surface area contributed by atoms with Gasteiger partial charge >= 0.3 is 0 Å². The van der Waals surface area contributed by atoms with Gasteiger partial charge in [-0.15, -0.1) is 0 Å². The van der Waals surface area contributed by atoms with Crippen LogP contribution in [0.25, 0.3) is 33.4 Å². The molecule has 0 bridgehead atoms. The van der Waals surface area contributed by atoms with Gasteiger partial charge in [-0.2, -0.15) is 42.1 Å². The number of aromatic nitrogens is 4. The minimum atomic E-state index is -0.363.